The quantitative estimate of drug-likeness (QED) is 0.159. The summed E-state index contributed by atoms with van der Waals surface area (Å²) in [6.45, 7) is 6.03. The monoisotopic (exact) mass is 444 g/mol. The number of anilines is 1. The van der Waals surface area contributed by atoms with Crippen LogP contribution in [-0.2, 0) is 0 Å². The SMILES string of the molecule is CCN(CC)c1ccc2cc(C=Nc3ccc4ccc5cccc6ccc3c4c56)c(=O)oc2c1. The lowest BCUT2D eigenvalue weighted by Gasteiger charge is -2.20. The van der Waals surface area contributed by atoms with Crippen LogP contribution >= 0.6 is 0 Å². The molecular formula is C30H24N2O2. The molecule has 0 aliphatic rings. The highest BCUT2D eigenvalue weighted by atomic mass is 16.4. The van der Waals surface area contributed by atoms with Crippen LogP contribution < -0.4 is 10.5 Å². The zero-order valence-corrected chi connectivity index (χ0v) is 19.2. The van der Waals surface area contributed by atoms with Crippen molar-refractivity contribution in [2.24, 2.45) is 4.99 Å². The molecule has 0 radical (unpaired) electrons. The van der Waals surface area contributed by atoms with Crippen molar-refractivity contribution in [3.8, 4) is 0 Å². The number of nitrogens with zero attached hydrogens (tertiary/aromatic N) is 2. The van der Waals surface area contributed by atoms with Crippen molar-refractivity contribution in [3.05, 3.63) is 94.8 Å². The molecule has 0 aliphatic carbocycles. The van der Waals surface area contributed by atoms with Crippen LogP contribution in [0.25, 0.3) is 43.3 Å². The van der Waals surface area contributed by atoms with Gasteiger partial charge in [-0.1, -0.05) is 48.5 Å². The molecule has 0 spiro atoms. The molecule has 0 aliphatic heterocycles. The van der Waals surface area contributed by atoms with E-state index in [1.165, 1.54) is 26.9 Å². The molecule has 6 rings (SSSR count). The van der Waals surface area contributed by atoms with Crippen molar-refractivity contribution >= 4 is 60.9 Å². The first-order chi connectivity index (χ1) is 16.7. The molecule has 0 amide bonds. The third-order valence-electron chi connectivity index (χ3n) is 6.72. The molecule has 0 N–H and O–H groups in total. The summed E-state index contributed by atoms with van der Waals surface area (Å²) >= 11 is 0. The normalized spacial score (nSPS) is 12.1. The van der Waals surface area contributed by atoms with Gasteiger partial charge >= 0.3 is 5.63 Å². The average molecular weight is 445 g/mol. The van der Waals surface area contributed by atoms with Crippen molar-refractivity contribution in [1.29, 1.82) is 0 Å². The summed E-state index contributed by atoms with van der Waals surface area (Å²) < 4.78 is 5.67. The van der Waals surface area contributed by atoms with Crippen LogP contribution in [0.15, 0.2) is 93.1 Å². The highest BCUT2D eigenvalue weighted by Crippen LogP contribution is 2.38. The number of rotatable bonds is 5. The van der Waals surface area contributed by atoms with E-state index in [2.05, 4.69) is 73.3 Å². The maximum absolute atomic E-state index is 12.7. The van der Waals surface area contributed by atoms with Crippen LogP contribution in [0.1, 0.15) is 19.4 Å². The van der Waals surface area contributed by atoms with Crippen LogP contribution in [0.3, 0.4) is 0 Å². The number of hydrogen-bond acceptors (Lipinski definition) is 4. The van der Waals surface area contributed by atoms with Gasteiger partial charge in [-0.3, -0.25) is 4.99 Å². The van der Waals surface area contributed by atoms with E-state index >= 15 is 0 Å². The second kappa shape index (κ2) is 7.99. The Morgan fingerprint density at radius 1 is 0.794 bits per heavy atom. The van der Waals surface area contributed by atoms with Gasteiger partial charge in [0.1, 0.15) is 5.58 Å². The lowest BCUT2D eigenvalue weighted by atomic mass is 9.93. The summed E-state index contributed by atoms with van der Waals surface area (Å²) in [4.78, 5) is 19.7. The van der Waals surface area contributed by atoms with Crippen LogP contribution in [0.2, 0.25) is 0 Å². The minimum Gasteiger partial charge on any atom is -0.422 e. The van der Waals surface area contributed by atoms with E-state index in [-0.39, 0.29) is 5.63 Å². The standard InChI is InChI=1S/C30H24N2O2/c1-3-32(4-2)24-13-10-22-16-23(30(33)34-27(22)17-24)18-31-26-15-12-21-9-8-19-6-5-7-20-11-14-25(26)29(21)28(19)20/h5-18H,3-4H2,1-2H3. The summed E-state index contributed by atoms with van der Waals surface area (Å²) in [6.07, 6.45) is 1.62. The van der Waals surface area contributed by atoms with Gasteiger partial charge in [0.2, 0.25) is 0 Å². The summed E-state index contributed by atoms with van der Waals surface area (Å²) in [5.41, 5.74) is 2.53. The Kier molecular flexibility index (Phi) is 4.80. The largest absolute Gasteiger partial charge is 0.422 e. The molecule has 0 fully saturated rings. The van der Waals surface area contributed by atoms with Gasteiger partial charge in [-0.25, -0.2) is 4.79 Å². The highest BCUT2D eigenvalue weighted by molar-refractivity contribution is 6.25. The Morgan fingerprint density at radius 3 is 2.24 bits per heavy atom. The fourth-order valence-corrected chi connectivity index (χ4v) is 4.96. The first-order valence-electron chi connectivity index (χ1n) is 11.7. The third kappa shape index (κ3) is 3.22. The van der Waals surface area contributed by atoms with E-state index in [9.17, 15) is 4.79 Å². The lowest BCUT2D eigenvalue weighted by Crippen LogP contribution is -2.21. The smallest absolute Gasteiger partial charge is 0.345 e. The zero-order chi connectivity index (χ0) is 23.2. The fraction of sp³-hybridized carbons (Fsp3) is 0.133. The van der Waals surface area contributed by atoms with Crippen molar-refractivity contribution < 1.29 is 4.42 Å². The van der Waals surface area contributed by atoms with Crippen LogP contribution in [-0.4, -0.2) is 19.3 Å². The maximum atomic E-state index is 12.7. The lowest BCUT2D eigenvalue weighted by molar-refractivity contribution is 0.559. The summed E-state index contributed by atoms with van der Waals surface area (Å²) in [5.74, 6) is 0. The molecule has 1 aromatic heterocycles. The van der Waals surface area contributed by atoms with E-state index in [0.29, 0.717) is 11.1 Å². The van der Waals surface area contributed by atoms with Crippen molar-refractivity contribution in [1.82, 2.24) is 0 Å². The van der Waals surface area contributed by atoms with Gasteiger partial charge < -0.3 is 9.32 Å². The average Bonchev–Trinajstić information content (AvgIpc) is 2.87. The third-order valence-corrected chi connectivity index (χ3v) is 6.72. The Hall–Kier alpha value is -4.18. The number of benzene rings is 5. The molecule has 6 aromatic rings. The van der Waals surface area contributed by atoms with Crippen LogP contribution in [0.4, 0.5) is 11.4 Å². The van der Waals surface area contributed by atoms with Crippen molar-refractivity contribution in [3.63, 3.8) is 0 Å². The molecule has 4 nitrogen and oxygen atoms in total. The fourth-order valence-electron chi connectivity index (χ4n) is 4.96. The van der Waals surface area contributed by atoms with E-state index in [1.54, 1.807) is 6.21 Å². The van der Waals surface area contributed by atoms with Gasteiger partial charge in [0.15, 0.2) is 0 Å². The first kappa shape index (κ1) is 20.4. The highest BCUT2D eigenvalue weighted by Gasteiger charge is 2.11. The van der Waals surface area contributed by atoms with Gasteiger partial charge in [-0.05, 0) is 65.0 Å². The van der Waals surface area contributed by atoms with E-state index in [1.807, 2.05) is 24.3 Å². The Balaban J connectivity index is 1.45. The minimum absolute atomic E-state index is 0.384. The van der Waals surface area contributed by atoms with Crippen LogP contribution in [0, 0.1) is 0 Å². The summed E-state index contributed by atoms with van der Waals surface area (Å²) in [7, 11) is 0. The van der Waals surface area contributed by atoms with Gasteiger partial charge in [0.25, 0.3) is 0 Å². The van der Waals surface area contributed by atoms with Gasteiger partial charge in [0.05, 0.1) is 11.3 Å². The Morgan fingerprint density at radius 2 is 1.47 bits per heavy atom. The number of fused-ring (bicyclic) bond motifs is 1. The predicted molar refractivity (Wildman–Crippen MR) is 143 cm³/mol. The minimum atomic E-state index is -0.384. The summed E-state index contributed by atoms with van der Waals surface area (Å²) in [5, 5.41) is 8.04. The number of hydrogen-bond donors (Lipinski definition) is 0. The topological polar surface area (TPSA) is 45.8 Å². The Bertz CT molecular complexity index is 1740. The molecule has 0 atom stereocenters. The molecule has 0 bridgehead atoms. The number of aliphatic imine (C=N–C) groups is 1. The maximum Gasteiger partial charge on any atom is 0.345 e. The van der Waals surface area contributed by atoms with Gasteiger partial charge in [-0.2, -0.15) is 0 Å². The molecular weight excluding hydrogens is 420 g/mol. The molecule has 166 valence electrons. The molecule has 1 heterocycles. The molecule has 4 heteroatoms. The second-order valence-corrected chi connectivity index (χ2v) is 8.58. The summed E-state index contributed by atoms with van der Waals surface area (Å²) in [6, 6.07) is 26.9. The first-order valence-corrected chi connectivity index (χ1v) is 11.7. The zero-order valence-electron chi connectivity index (χ0n) is 19.2. The van der Waals surface area contributed by atoms with E-state index in [0.717, 1.165) is 35.2 Å². The van der Waals surface area contributed by atoms with Crippen molar-refractivity contribution in [2.45, 2.75) is 13.8 Å². The van der Waals surface area contributed by atoms with Gasteiger partial charge in [-0.15, -0.1) is 0 Å². The van der Waals surface area contributed by atoms with Gasteiger partial charge in [0, 0.05) is 41.8 Å². The Labute approximate surface area is 197 Å². The van der Waals surface area contributed by atoms with E-state index in [4.69, 9.17) is 9.41 Å². The molecule has 0 saturated heterocycles. The van der Waals surface area contributed by atoms with Crippen molar-refractivity contribution in [2.75, 3.05) is 18.0 Å². The molecule has 0 saturated carbocycles. The molecule has 0 unspecified atom stereocenters. The van der Waals surface area contributed by atoms with E-state index < -0.39 is 0 Å². The predicted octanol–water partition coefficient (Wildman–Crippen LogP) is 7.29. The second-order valence-electron chi connectivity index (χ2n) is 8.58. The van der Waals surface area contributed by atoms with Crippen LogP contribution in [0.5, 0.6) is 0 Å². The molecule has 34 heavy (non-hydrogen) atoms. The molecule has 5 aromatic carbocycles.